The number of anilines is 1. The summed E-state index contributed by atoms with van der Waals surface area (Å²) in [6, 6.07) is 21.0. The molecule has 6 heteroatoms. The SMILES string of the molecule is CC(=O)N1CCc2ccccc2C1CC(=O)Nc1cccc(OCc2cccc(F)c2)c1. The largest absolute Gasteiger partial charge is 0.489 e. The van der Waals surface area contributed by atoms with Gasteiger partial charge in [0.15, 0.2) is 0 Å². The van der Waals surface area contributed by atoms with E-state index >= 15 is 0 Å². The molecule has 1 heterocycles. The Morgan fingerprint density at radius 2 is 1.88 bits per heavy atom. The van der Waals surface area contributed by atoms with E-state index < -0.39 is 0 Å². The van der Waals surface area contributed by atoms with Gasteiger partial charge in [0.25, 0.3) is 0 Å². The minimum absolute atomic E-state index is 0.0370. The van der Waals surface area contributed by atoms with Gasteiger partial charge in [-0.2, -0.15) is 0 Å². The van der Waals surface area contributed by atoms with Gasteiger partial charge in [0.2, 0.25) is 11.8 Å². The maximum absolute atomic E-state index is 13.3. The average molecular weight is 432 g/mol. The van der Waals surface area contributed by atoms with Gasteiger partial charge in [0.1, 0.15) is 18.2 Å². The summed E-state index contributed by atoms with van der Waals surface area (Å²) in [6.07, 6.45) is 0.962. The normalized spacial score (nSPS) is 15.1. The van der Waals surface area contributed by atoms with E-state index in [1.54, 1.807) is 41.3 Å². The summed E-state index contributed by atoms with van der Waals surface area (Å²) in [5.41, 5.74) is 3.52. The highest BCUT2D eigenvalue weighted by atomic mass is 19.1. The van der Waals surface area contributed by atoms with Crippen molar-refractivity contribution in [3.63, 3.8) is 0 Å². The summed E-state index contributed by atoms with van der Waals surface area (Å²) in [5.74, 6) is 0.0433. The molecule has 0 bridgehead atoms. The van der Waals surface area contributed by atoms with Crippen LogP contribution in [-0.4, -0.2) is 23.3 Å². The van der Waals surface area contributed by atoms with Gasteiger partial charge < -0.3 is 15.0 Å². The van der Waals surface area contributed by atoms with E-state index in [4.69, 9.17) is 4.74 Å². The molecule has 1 atom stereocenters. The number of halogens is 1. The molecule has 0 saturated heterocycles. The molecule has 0 spiro atoms. The van der Waals surface area contributed by atoms with E-state index in [0.29, 0.717) is 18.0 Å². The third kappa shape index (κ3) is 5.14. The number of benzene rings is 3. The third-order valence-electron chi connectivity index (χ3n) is 5.61. The average Bonchev–Trinajstić information content (AvgIpc) is 2.78. The van der Waals surface area contributed by atoms with E-state index in [-0.39, 0.29) is 36.7 Å². The first-order valence-corrected chi connectivity index (χ1v) is 10.6. The minimum Gasteiger partial charge on any atom is -0.489 e. The smallest absolute Gasteiger partial charge is 0.226 e. The van der Waals surface area contributed by atoms with E-state index in [9.17, 15) is 14.0 Å². The standard InChI is InChI=1S/C26H25FN2O3/c1-18(30)29-13-12-20-7-2-3-11-24(20)25(29)16-26(31)28-22-9-5-10-23(15-22)32-17-19-6-4-8-21(27)14-19/h2-11,14-15,25H,12-13,16-17H2,1H3,(H,28,31). The molecule has 0 fully saturated rings. The van der Waals surface area contributed by atoms with Gasteiger partial charge in [-0.05, 0) is 47.4 Å². The number of rotatable bonds is 6. The Bertz CT molecular complexity index is 1130. The Morgan fingerprint density at radius 3 is 2.69 bits per heavy atom. The van der Waals surface area contributed by atoms with Crippen molar-refractivity contribution in [1.29, 1.82) is 0 Å². The van der Waals surface area contributed by atoms with Crippen molar-refractivity contribution in [1.82, 2.24) is 4.90 Å². The number of ether oxygens (including phenoxy) is 1. The maximum atomic E-state index is 13.3. The van der Waals surface area contributed by atoms with Crippen molar-refractivity contribution < 1.29 is 18.7 Å². The third-order valence-corrected chi connectivity index (χ3v) is 5.61. The predicted octanol–water partition coefficient (Wildman–Crippen LogP) is 4.88. The fraction of sp³-hybridized carbons (Fsp3) is 0.231. The zero-order chi connectivity index (χ0) is 22.5. The van der Waals surface area contributed by atoms with Crippen LogP contribution in [0.15, 0.2) is 72.8 Å². The van der Waals surface area contributed by atoms with Gasteiger partial charge in [0, 0.05) is 25.2 Å². The number of nitrogens with one attached hydrogen (secondary N) is 1. The molecule has 5 nitrogen and oxygen atoms in total. The van der Waals surface area contributed by atoms with Crippen LogP contribution < -0.4 is 10.1 Å². The first-order valence-electron chi connectivity index (χ1n) is 10.6. The van der Waals surface area contributed by atoms with Crippen molar-refractivity contribution >= 4 is 17.5 Å². The second kappa shape index (κ2) is 9.64. The number of carbonyl (C=O) groups excluding carboxylic acids is 2. The Morgan fingerprint density at radius 1 is 1.06 bits per heavy atom. The monoisotopic (exact) mass is 432 g/mol. The highest BCUT2D eigenvalue weighted by Gasteiger charge is 2.30. The molecule has 1 aliphatic heterocycles. The molecule has 3 aromatic rings. The van der Waals surface area contributed by atoms with Crippen LogP contribution in [0.4, 0.5) is 10.1 Å². The first-order chi connectivity index (χ1) is 15.5. The highest BCUT2D eigenvalue weighted by molar-refractivity contribution is 5.92. The summed E-state index contributed by atoms with van der Waals surface area (Å²) in [4.78, 5) is 26.8. The lowest BCUT2D eigenvalue weighted by molar-refractivity contribution is -0.132. The number of amides is 2. The summed E-state index contributed by atoms with van der Waals surface area (Å²) >= 11 is 0. The van der Waals surface area contributed by atoms with Crippen molar-refractivity contribution in [3.8, 4) is 5.75 Å². The Labute approximate surface area is 186 Å². The topological polar surface area (TPSA) is 58.6 Å². The van der Waals surface area contributed by atoms with Gasteiger partial charge in [-0.25, -0.2) is 4.39 Å². The van der Waals surface area contributed by atoms with Crippen molar-refractivity contribution in [2.24, 2.45) is 0 Å². The molecule has 0 aliphatic carbocycles. The van der Waals surface area contributed by atoms with Crippen molar-refractivity contribution in [2.75, 3.05) is 11.9 Å². The number of carbonyl (C=O) groups is 2. The number of nitrogens with zero attached hydrogens (tertiary/aromatic N) is 1. The van der Waals surface area contributed by atoms with Crippen LogP contribution in [0.2, 0.25) is 0 Å². The van der Waals surface area contributed by atoms with Crippen LogP contribution in [0.25, 0.3) is 0 Å². The van der Waals surface area contributed by atoms with E-state index in [1.807, 2.05) is 18.2 Å². The van der Waals surface area contributed by atoms with Crippen LogP contribution in [0.3, 0.4) is 0 Å². The van der Waals surface area contributed by atoms with Crippen molar-refractivity contribution in [2.45, 2.75) is 32.4 Å². The molecule has 1 aliphatic rings. The lowest BCUT2D eigenvalue weighted by atomic mass is 9.90. The molecule has 1 N–H and O–H groups in total. The maximum Gasteiger partial charge on any atom is 0.226 e. The van der Waals surface area contributed by atoms with Crippen LogP contribution >= 0.6 is 0 Å². The van der Waals surface area contributed by atoms with Gasteiger partial charge >= 0.3 is 0 Å². The Hall–Kier alpha value is -3.67. The fourth-order valence-corrected chi connectivity index (χ4v) is 4.09. The summed E-state index contributed by atoms with van der Waals surface area (Å²) in [7, 11) is 0. The number of fused-ring (bicyclic) bond motifs is 1. The van der Waals surface area contributed by atoms with Gasteiger partial charge in [-0.1, -0.05) is 42.5 Å². The molecule has 0 radical (unpaired) electrons. The Balaban J connectivity index is 1.42. The molecule has 1 unspecified atom stereocenters. The lowest BCUT2D eigenvalue weighted by Gasteiger charge is -2.36. The molecule has 2 amide bonds. The van der Waals surface area contributed by atoms with Gasteiger partial charge in [-0.15, -0.1) is 0 Å². The van der Waals surface area contributed by atoms with Crippen LogP contribution in [0.5, 0.6) is 5.75 Å². The van der Waals surface area contributed by atoms with Crippen LogP contribution in [0, 0.1) is 5.82 Å². The molecule has 3 aromatic carbocycles. The lowest BCUT2D eigenvalue weighted by Crippen LogP contribution is -2.40. The molecule has 4 rings (SSSR count). The predicted molar refractivity (Wildman–Crippen MR) is 121 cm³/mol. The molecule has 32 heavy (non-hydrogen) atoms. The van der Waals surface area contributed by atoms with E-state index in [1.165, 1.54) is 24.6 Å². The second-order valence-electron chi connectivity index (χ2n) is 7.88. The summed E-state index contributed by atoms with van der Waals surface area (Å²) in [6.45, 7) is 2.37. The number of hydrogen-bond donors (Lipinski definition) is 1. The van der Waals surface area contributed by atoms with Gasteiger partial charge in [0.05, 0.1) is 12.5 Å². The summed E-state index contributed by atoms with van der Waals surface area (Å²) < 4.78 is 19.1. The molecule has 164 valence electrons. The van der Waals surface area contributed by atoms with Crippen LogP contribution in [0.1, 0.15) is 36.1 Å². The zero-order valence-corrected chi connectivity index (χ0v) is 17.9. The van der Waals surface area contributed by atoms with Crippen LogP contribution in [-0.2, 0) is 22.6 Å². The zero-order valence-electron chi connectivity index (χ0n) is 17.9. The minimum atomic E-state index is -0.309. The second-order valence-corrected chi connectivity index (χ2v) is 7.88. The Kier molecular flexibility index (Phi) is 6.50. The molecule has 0 saturated carbocycles. The molecular formula is C26H25FN2O3. The van der Waals surface area contributed by atoms with Gasteiger partial charge in [-0.3, -0.25) is 9.59 Å². The highest BCUT2D eigenvalue weighted by Crippen LogP contribution is 2.32. The molecular weight excluding hydrogens is 407 g/mol. The van der Waals surface area contributed by atoms with E-state index in [2.05, 4.69) is 11.4 Å². The summed E-state index contributed by atoms with van der Waals surface area (Å²) in [5, 5.41) is 2.91. The van der Waals surface area contributed by atoms with Crippen molar-refractivity contribution in [3.05, 3.63) is 95.3 Å². The quantitative estimate of drug-likeness (QED) is 0.604. The number of hydrogen-bond acceptors (Lipinski definition) is 3. The van der Waals surface area contributed by atoms with E-state index in [0.717, 1.165) is 17.5 Å². The fourth-order valence-electron chi connectivity index (χ4n) is 4.09. The first kappa shape index (κ1) is 21.6. The molecule has 0 aromatic heterocycles.